The van der Waals surface area contributed by atoms with Crippen LogP contribution in [0.1, 0.15) is 18.0 Å². The molecule has 0 atom stereocenters. The van der Waals surface area contributed by atoms with Crippen LogP contribution in [0.3, 0.4) is 0 Å². The molecule has 1 heterocycles. The van der Waals surface area contributed by atoms with Crippen LogP contribution in [0.15, 0.2) is 16.8 Å². The second kappa shape index (κ2) is 7.45. The van der Waals surface area contributed by atoms with Gasteiger partial charge in [0.15, 0.2) is 0 Å². The lowest BCUT2D eigenvalue weighted by atomic mass is 10.3. The Balaban J connectivity index is 2.33. The number of nitrogens with one attached hydrogen (secondary N) is 1. The quantitative estimate of drug-likeness (QED) is 0.774. The molecule has 0 saturated heterocycles. The lowest BCUT2D eigenvalue weighted by Gasteiger charge is -1.97. The number of hydrogen-bond acceptors (Lipinski definition) is 5. The Hall–Kier alpha value is -1.82. The predicted octanol–water partition coefficient (Wildman–Crippen LogP) is 0.969. The Labute approximate surface area is 99.3 Å². The molecule has 17 heavy (non-hydrogen) atoms. The van der Waals surface area contributed by atoms with Crippen LogP contribution < -0.4 is 5.32 Å². The maximum absolute atomic E-state index is 10.7. The molecule has 0 aliphatic rings. The third-order valence-electron chi connectivity index (χ3n) is 1.97. The summed E-state index contributed by atoms with van der Waals surface area (Å²) in [6.07, 6.45) is 5.80. The van der Waals surface area contributed by atoms with Gasteiger partial charge in [0.2, 0.25) is 5.89 Å². The SMILES string of the molecule is COC(=O)NCC=Cc1nc(CCCO)co1. The van der Waals surface area contributed by atoms with Gasteiger partial charge in [0.05, 0.1) is 12.8 Å². The Bertz CT molecular complexity index is 373. The number of methoxy groups -OCH3 is 1. The number of aliphatic hydroxyl groups is 1. The summed E-state index contributed by atoms with van der Waals surface area (Å²) >= 11 is 0. The van der Waals surface area contributed by atoms with Crippen molar-refractivity contribution in [2.24, 2.45) is 0 Å². The van der Waals surface area contributed by atoms with E-state index >= 15 is 0 Å². The van der Waals surface area contributed by atoms with E-state index in [2.05, 4.69) is 15.0 Å². The van der Waals surface area contributed by atoms with Crippen LogP contribution in [0.25, 0.3) is 6.08 Å². The first-order chi connectivity index (χ1) is 8.26. The van der Waals surface area contributed by atoms with Crippen molar-refractivity contribution in [3.05, 3.63) is 23.9 Å². The van der Waals surface area contributed by atoms with Gasteiger partial charge in [-0.1, -0.05) is 6.08 Å². The monoisotopic (exact) mass is 240 g/mol. The number of nitrogens with zero attached hydrogens (tertiary/aromatic N) is 1. The molecule has 0 fully saturated rings. The minimum atomic E-state index is -0.481. The van der Waals surface area contributed by atoms with Crippen molar-refractivity contribution in [3.63, 3.8) is 0 Å². The average molecular weight is 240 g/mol. The molecule has 94 valence electrons. The number of ether oxygens (including phenoxy) is 1. The number of rotatable bonds is 6. The summed E-state index contributed by atoms with van der Waals surface area (Å²) in [4.78, 5) is 14.9. The molecule has 1 aromatic heterocycles. The molecule has 1 rings (SSSR count). The van der Waals surface area contributed by atoms with E-state index in [-0.39, 0.29) is 6.61 Å². The van der Waals surface area contributed by atoms with Gasteiger partial charge in [0, 0.05) is 13.2 Å². The van der Waals surface area contributed by atoms with Gasteiger partial charge in [0.25, 0.3) is 0 Å². The van der Waals surface area contributed by atoms with E-state index in [1.165, 1.54) is 7.11 Å². The number of aliphatic hydroxyl groups excluding tert-OH is 1. The Morgan fingerprint density at radius 1 is 1.71 bits per heavy atom. The molecule has 0 bridgehead atoms. The first kappa shape index (κ1) is 13.2. The Morgan fingerprint density at radius 2 is 2.53 bits per heavy atom. The van der Waals surface area contributed by atoms with Gasteiger partial charge in [-0.05, 0) is 18.9 Å². The predicted molar refractivity (Wildman–Crippen MR) is 61.4 cm³/mol. The molecule has 6 nitrogen and oxygen atoms in total. The first-order valence-corrected chi connectivity index (χ1v) is 5.30. The maximum Gasteiger partial charge on any atom is 0.407 e. The Kier molecular flexibility index (Phi) is 5.81. The molecule has 0 spiro atoms. The van der Waals surface area contributed by atoms with Gasteiger partial charge < -0.3 is 19.6 Å². The molecule has 0 aliphatic heterocycles. The third-order valence-corrected chi connectivity index (χ3v) is 1.97. The molecule has 0 unspecified atom stereocenters. The highest BCUT2D eigenvalue weighted by Crippen LogP contribution is 2.05. The topological polar surface area (TPSA) is 84.6 Å². The van der Waals surface area contributed by atoms with Crippen LogP contribution in [0.5, 0.6) is 0 Å². The molecule has 0 aromatic carbocycles. The minimum absolute atomic E-state index is 0.140. The van der Waals surface area contributed by atoms with Crippen molar-refractivity contribution in [1.82, 2.24) is 10.3 Å². The largest absolute Gasteiger partial charge is 0.453 e. The molecule has 1 amide bonds. The summed E-state index contributed by atoms with van der Waals surface area (Å²) < 4.78 is 9.58. The van der Waals surface area contributed by atoms with Gasteiger partial charge in [0.1, 0.15) is 6.26 Å². The zero-order valence-corrected chi connectivity index (χ0v) is 9.68. The van der Waals surface area contributed by atoms with Crippen LogP contribution >= 0.6 is 0 Å². The van der Waals surface area contributed by atoms with E-state index in [1.54, 1.807) is 18.4 Å². The third kappa shape index (κ3) is 5.17. The van der Waals surface area contributed by atoms with Crippen LogP contribution in [0.4, 0.5) is 4.79 Å². The normalized spacial score (nSPS) is 10.7. The zero-order chi connectivity index (χ0) is 12.5. The summed E-state index contributed by atoms with van der Waals surface area (Å²) in [5.41, 5.74) is 0.805. The van der Waals surface area contributed by atoms with Crippen LogP contribution in [0.2, 0.25) is 0 Å². The van der Waals surface area contributed by atoms with E-state index < -0.39 is 6.09 Å². The fraction of sp³-hybridized carbons (Fsp3) is 0.455. The highest BCUT2D eigenvalue weighted by molar-refractivity contribution is 5.67. The van der Waals surface area contributed by atoms with Gasteiger partial charge in [-0.25, -0.2) is 9.78 Å². The van der Waals surface area contributed by atoms with Gasteiger partial charge in [-0.2, -0.15) is 0 Å². The highest BCUT2D eigenvalue weighted by atomic mass is 16.5. The summed E-state index contributed by atoms with van der Waals surface area (Å²) in [7, 11) is 1.31. The number of hydrogen-bond donors (Lipinski definition) is 2. The fourth-order valence-electron chi connectivity index (χ4n) is 1.15. The van der Waals surface area contributed by atoms with E-state index in [0.717, 1.165) is 5.69 Å². The number of alkyl carbamates (subject to hydrolysis) is 1. The fourth-order valence-corrected chi connectivity index (χ4v) is 1.15. The number of aryl methyl sites for hydroxylation is 1. The highest BCUT2D eigenvalue weighted by Gasteiger charge is 2.00. The summed E-state index contributed by atoms with van der Waals surface area (Å²) in [5.74, 6) is 0.476. The van der Waals surface area contributed by atoms with E-state index in [9.17, 15) is 4.79 Å². The number of amides is 1. The van der Waals surface area contributed by atoms with E-state index in [1.807, 2.05) is 0 Å². The zero-order valence-electron chi connectivity index (χ0n) is 9.68. The second-order valence-corrected chi connectivity index (χ2v) is 3.28. The smallest absolute Gasteiger partial charge is 0.407 e. The van der Waals surface area contributed by atoms with Gasteiger partial charge in [-0.15, -0.1) is 0 Å². The molecule has 0 radical (unpaired) electrons. The van der Waals surface area contributed by atoms with Crippen molar-refractivity contribution in [3.8, 4) is 0 Å². The van der Waals surface area contributed by atoms with Crippen molar-refractivity contribution >= 4 is 12.2 Å². The molecule has 0 aliphatic carbocycles. The molecule has 2 N–H and O–H groups in total. The van der Waals surface area contributed by atoms with Crippen molar-refractivity contribution in [1.29, 1.82) is 0 Å². The minimum Gasteiger partial charge on any atom is -0.453 e. The lowest BCUT2D eigenvalue weighted by molar-refractivity contribution is 0.172. The van der Waals surface area contributed by atoms with Crippen molar-refractivity contribution < 1.29 is 19.1 Å². The first-order valence-electron chi connectivity index (χ1n) is 5.30. The number of carbonyl (C=O) groups is 1. The maximum atomic E-state index is 10.7. The van der Waals surface area contributed by atoms with Crippen LogP contribution in [-0.2, 0) is 11.2 Å². The molecule has 1 aromatic rings. The number of oxazole rings is 1. The van der Waals surface area contributed by atoms with Gasteiger partial charge >= 0.3 is 6.09 Å². The molecular formula is C11H16N2O4. The second-order valence-electron chi connectivity index (χ2n) is 3.28. The summed E-state index contributed by atoms with van der Waals surface area (Å²) in [6, 6.07) is 0. The standard InChI is InChI=1S/C11H16N2O4/c1-16-11(15)12-6-2-5-10-13-9(8-17-10)4-3-7-14/h2,5,8,14H,3-4,6-7H2,1H3,(H,12,15). The van der Waals surface area contributed by atoms with Gasteiger partial charge in [-0.3, -0.25) is 0 Å². The Morgan fingerprint density at radius 3 is 3.24 bits per heavy atom. The summed E-state index contributed by atoms with van der Waals surface area (Å²) in [6.45, 7) is 0.488. The molecule has 0 saturated carbocycles. The van der Waals surface area contributed by atoms with Crippen LogP contribution in [-0.4, -0.2) is 36.4 Å². The van der Waals surface area contributed by atoms with Crippen molar-refractivity contribution in [2.75, 3.05) is 20.3 Å². The number of aromatic nitrogens is 1. The summed E-state index contributed by atoms with van der Waals surface area (Å²) in [5, 5.41) is 11.2. The molecule has 6 heteroatoms. The average Bonchev–Trinajstić information content (AvgIpc) is 2.79. The molecular weight excluding hydrogens is 224 g/mol. The lowest BCUT2D eigenvalue weighted by Crippen LogP contribution is -2.22. The van der Waals surface area contributed by atoms with E-state index in [4.69, 9.17) is 9.52 Å². The van der Waals surface area contributed by atoms with E-state index in [0.29, 0.717) is 25.3 Å². The van der Waals surface area contributed by atoms with Crippen LogP contribution in [0, 0.1) is 0 Å². The van der Waals surface area contributed by atoms with Crippen molar-refractivity contribution in [2.45, 2.75) is 12.8 Å². The number of carbonyl (C=O) groups excluding carboxylic acids is 1.